The topological polar surface area (TPSA) is 64.3 Å². The van der Waals surface area contributed by atoms with Crippen molar-refractivity contribution >= 4 is 29.9 Å². The number of benzene rings is 2. The summed E-state index contributed by atoms with van der Waals surface area (Å²) in [6, 6.07) is 11.4. The van der Waals surface area contributed by atoms with Crippen LogP contribution >= 0.6 is 24.0 Å². The monoisotopic (exact) mass is 400 g/mol. The fourth-order valence-corrected chi connectivity index (χ4v) is 2.80. The molecule has 0 radical (unpaired) electrons. The molecular weight excluding hydrogens is 378 g/mol. The Morgan fingerprint density at radius 2 is 1.92 bits per heavy atom. The number of methoxy groups -OCH3 is 1. The van der Waals surface area contributed by atoms with E-state index < -0.39 is 11.9 Å². The Morgan fingerprint density at radius 3 is 2.46 bits per heavy atom. The van der Waals surface area contributed by atoms with Crippen molar-refractivity contribution in [2.75, 3.05) is 13.7 Å². The number of halogens is 3. The van der Waals surface area contributed by atoms with Crippen LogP contribution in [0.25, 0.3) is 0 Å². The first-order chi connectivity index (χ1) is 11.9. The lowest BCUT2D eigenvalue weighted by molar-refractivity contribution is -0.123. The van der Waals surface area contributed by atoms with Gasteiger partial charge in [0.15, 0.2) is 0 Å². The molecule has 2 rings (SSSR count). The highest BCUT2D eigenvalue weighted by molar-refractivity contribution is 6.31. The number of nitrogens with one attached hydrogen (secondary N) is 1. The zero-order valence-corrected chi connectivity index (χ0v) is 16.2. The van der Waals surface area contributed by atoms with Gasteiger partial charge in [0.2, 0.25) is 5.91 Å². The molecule has 2 atom stereocenters. The van der Waals surface area contributed by atoms with E-state index in [9.17, 15) is 9.18 Å². The minimum absolute atomic E-state index is 0. The van der Waals surface area contributed by atoms with Crippen LogP contribution < -0.4 is 11.1 Å². The predicted octanol–water partition coefficient (Wildman–Crippen LogP) is 3.78. The number of aryl methyl sites for hydroxylation is 1. The molecule has 0 saturated heterocycles. The van der Waals surface area contributed by atoms with Crippen molar-refractivity contribution in [3.63, 3.8) is 0 Å². The van der Waals surface area contributed by atoms with Crippen LogP contribution in [0.4, 0.5) is 4.39 Å². The van der Waals surface area contributed by atoms with Crippen LogP contribution in [-0.4, -0.2) is 25.7 Å². The number of hydrogen-bond acceptors (Lipinski definition) is 3. The second-order valence-corrected chi connectivity index (χ2v) is 6.28. The molecule has 3 N–H and O–H groups in total. The molecule has 142 valence electrons. The molecule has 1 amide bonds. The third-order valence-corrected chi connectivity index (χ3v) is 4.33. The van der Waals surface area contributed by atoms with Crippen molar-refractivity contribution in [2.45, 2.75) is 25.5 Å². The SMILES string of the molecule is COC(CN)CC(=O)NC(c1ccc(C)cc1)c1ccc(F)cc1Cl.Cl. The van der Waals surface area contributed by atoms with Crippen LogP contribution in [0.5, 0.6) is 0 Å². The van der Waals surface area contributed by atoms with Crippen LogP contribution in [-0.2, 0) is 9.53 Å². The molecule has 2 aromatic rings. The zero-order valence-electron chi connectivity index (χ0n) is 14.7. The van der Waals surface area contributed by atoms with Gasteiger partial charge in [-0.15, -0.1) is 12.4 Å². The van der Waals surface area contributed by atoms with E-state index in [1.165, 1.54) is 19.2 Å². The number of nitrogens with two attached hydrogens (primary N) is 1. The summed E-state index contributed by atoms with van der Waals surface area (Å²) in [6.45, 7) is 2.23. The lowest BCUT2D eigenvalue weighted by atomic mass is 9.97. The molecule has 0 aliphatic carbocycles. The summed E-state index contributed by atoms with van der Waals surface area (Å²) in [4.78, 5) is 12.4. The standard InChI is InChI=1S/C19H22ClFN2O2.ClH/c1-12-3-5-13(6-4-12)19(16-8-7-14(21)9-17(16)20)23-18(24)10-15(11-22)25-2;/h3-9,15,19H,10-11,22H2,1-2H3,(H,23,24);1H. The molecule has 2 aromatic carbocycles. The maximum atomic E-state index is 13.4. The first kappa shape index (κ1) is 22.4. The van der Waals surface area contributed by atoms with E-state index in [1.54, 1.807) is 6.07 Å². The fraction of sp³-hybridized carbons (Fsp3) is 0.316. The van der Waals surface area contributed by atoms with Gasteiger partial charge in [0.25, 0.3) is 0 Å². The Hall–Kier alpha value is -1.66. The van der Waals surface area contributed by atoms with E-state index in [1.807, 2.05) is 31.2 Å². The van der Waals surface area contributed by atoms with E-state index in [2.05, 4.69) is 5.32 Å². The van der Waals surface area contributed by atoms with Gasteiger partial charge in [0, 0.05) is 18.7 Å². The van der Waals surface area contributed by atoms with Crippen LogP contribution in [0.2, 0.25) is 5.02 Å². The van der Waals surface area contributed by atoms with Crippen LogP contribution in [0.15, 0.2) is 42.5 Å². The number of ether oxygens (including phenoxy) is 1. The Labute approximate surface area is 164 Å². The second-order valence-electron chi connectivity index (χ2n) is 5.87. The average Bonchev–Trinajstić information content (AvgIpc) is 2.59. The second kappa shape index (κ2) is 10.5. The maximum Gasteiger partial charge on any atom is 0.223 e. The van der Waals surface area contributed by atoms with Crippen LogP contribution in [0.1, 0.15) is 29.2 Å². The van der Waals surface area contributed by atoms with Gasteiger partial charge in [-0.2, -0.15) is 0 Å². The minimum atomic E-state index is -0.489. The number of carbonyl (C=O) groups is 1. The molecule has 4 nitrogen and oxygen atoms in total. The van der Waals surface area contributed by atoms with Crippen LogP contribution in [0.3, 0.4) is 0 Å². The normalized spacial score (nSPS) is 12.8. The Kier molecular flexibility index (Phi) is 9.02. The Bertz CT molecular complexity index is 722. The Balaban J connectivity index is 0.00000338. The quantitative estimate of drug-likeness (QED) is 0.742. The van der Waals surface area contributed by atoms with Crippen LogP contribution in [0, 0.1) is 12.7 Å². The van der Waals surface area contributed by atoms with E-state index >= 15 is 0 Å². The molecule has 26 heavy (non-hydrogen) atoms. The zero-order chi connectivity index (χ0) is 18.4. The number of rotatable bonds is 7. The van der Waals surface area contributed by atoms with Gasteiger partial charge in [-0.05, 0) is 30.2 Å². The molecule has 0 aliphatic rings. The number of hydrogen-bond donors (Lipinski definition) is 2. The smallest absolute Gasteiger partial charge is 0.223 e. The van der Waals surface area contributed by atoms with Gasteiger partial charge in [0.05, 0.1) is 18.6 Å². The molecule has 0 aliphatic heterocycles. The molecule has 0 bridgehead atoms. The van der Waals surface area contributed by atoms with Gasteiger partial charge in [0.1, 0.15) is 5.82 Å². The van der Waals surface area contributed by atoms with E-state index in [-0.39, 0.29) is 42.4 Å². The average molecular weight is 401 g/mol. The Morgan fingerprint density at radius 1 is 1.27 bits per heavy atom. The number of amides is 1. The summed E-state index contributed by atoms with van der Waals surface area (Å²) in [5.41, 5.74) is 8.16. The summed E-state index contributed by atoms with van der Waals surface area (Å²) in [5, 5.41) is 3.20. The number of carbonyl (C=O) groups excluding carboxylic acids is 1. The van der Waals surface area contributed by atoms with Gasteiger partial charge < -0.3 is 15.8 Å². The molecule has 2 unspecified atom stereocenters. The minimum Gasteiger partial charge on any atom is -0.380 e. The summed E-state index contributed by atoms with van der Waals surface area (Å²) in [5.74, 6) is -0.645. The van der Waals surface area contributed by atoms with Gasteiger partial charge in [-0.1, -0.05) is 47.5 Å². The molecule has 7 heteroatoms. The summed E-state index contributed by atoms with van der Waals surface area (Å²) >= 11 is 6.21. The van der Waals surface area contributed by atoms with Crippen molar-refractivity contribution in [3.05, 3.63) is 70.0 Å². The van der Waals surface area contributed by atoms with Crippen molar-refractivity contribution in [1.29, 1.82) is 0 Å². The lowest BCUT2D eigenvalue weighted by Gasteiger charge is -2.22. The van der Waals surface area contributed by atoms with Gasteiger partial charge in [-0.25, -0.2) is 4.39 Å². The van der Waals surface area contributed by atoms with Gasteiger partial charge >= 0.3 is 0 Å². The summed E-state index contributed by atoms with van der Waals surface area (Å²) in [7, 11) is 1.51. The largest absolute Gasteiger partial charge is 0.380 e. The lowest BCUT2D eigenvalue weighted by Crippen LogP contribution is -2.35. The maximum absolute atomic E-state index is 13.4. The molecule has 0 fully saturated rings. The third-order valence-electron chi connectivity index (χ3n) is 4.00. The van der Waals surface area contributed by atoms with Crippen molar-refractivity contribution in [1.82, 2.24) is 5.32 Å². The van der Waals surface area contributed by atoms with Crippen molar-refractivity contribution in [3.8, 4) is 0 Å². The van der Waals surface area contributed by atoms with E-state index in [0.717, 1.165) is 11.1 Å². The highest BCUT2D eigenvalue weighted by atomic mass is 35.5. The van der Waals surface area contributed by atoms with E-state index in [0.29, 0.717) is 5.56 Å². The molecule has 0 saturated carbocycles. The first-order valence-electron chi connectivity index (χ1n) is 7.98. The predicted molar refractivity (Wildman–Crippen MR) is 104 cm³/mol. The summed E-state index contributed by atoms with van der Waals surface area (Å²) in [6.07, 6.45) is -0.226. The molecule has 0 spiro atoms. The highest BCUT2D eigenvalue weighted by Crippen LogP contribution is 2.29. The highest BCUT2D eigenvalue weighted by Gasteiger charge is 2.21. The van der Waals surface area contributed by atoms with Crippen molar-refractivity contribution in [2.24, 2.45) is 5.73 Å². The van der Waals surface area contributed by atoms with Gasteiger partial charge in [-0.3, -0.25) is 4.79 Å². The first-order valence-corrected chi connectivity index (χ1v) is 8.36. The molecular formula is C19H23Cl2FN2O2. The molecule has 0 aromatic heterocycles. The fourth-order valence-electron chi connectivity index (χ4n) is 2.52. The molecule has 0 heterocycles. The third kappa shape index (κ3) is 5.95. The summed E-state index contributed by atoms with van der Waals surface area (Å²) < 4.78 is 18.5. The van der Waals surface area contributed by atoms with E-state index in [4.69, 9.17) is 22.1 Å². The van der Waals surface area contributed by atoms with Crippen molar-refractivity contribution < 1.29 is 13.9 Å².